The average molecular weight is 471 g/mol. The van der Waals surface area contributed by atoms with Gasteiger partial charge in [-0.2, -0.15) is 0 Å². The molecule has 2 spiro atoms. The lowest BCUT2D eigenvalue weighted by atomic mass is 9.61. The maximum absolute atomic E-state index is 4.97. The fraction of sp³-hybridized carbons (Fsp3) is 0.867. The molecule has 0 aromatic carbocycles. The van der Waals surface area contributed by atoms with Gasteiger partial charge in [0.15, 0.2) is 0 Å². The molecule has 0 amide bonds. The van der Waals surface area contributed by atoms with Crippen LogP contribution in [0.4, 0.5) is 0 Å². The highest BCUT2D eigenvalue weighted by Crippen LogP contribution is 2.83. The van der Waals surface area contributed by atoms with Crippen molar-refractivity contribution in [3.8, 4) is 0 Å². The van der Waals surface area contributed by atoms with E-state index in [9.17, 15) is 0 Å². The highest BCUT2D eigenvalue weighted by atomic mass is 33.1. The van der Waals surface area contributed by atoms with Crippen LogP contribution in [0.2, 0.25) is 0 Å². The molecule has 4 unspecified atom stereocenters. The largest absolute Gasteiger partial charge is 0.0978 e. The summed E-state index contributed by atoms with van der Waals surface area (Å²) in [6.45, 7) is 20.4. The Morgan fingerprint density at radius 3 is 1.25 bits per heavy atom. The minimum Gasteiger partial charge on any atom is -0.0978 e. The standard InChI is InChI=1S/C30H46S2/c1-21-27(15-9-7-10-16-27)23-13-19-29(21,25(23,3)4)31-32-30-20-14-24(26(30,5)6)28(22(30)2)17-11-8-12-18-28/h23-24H,1-2,7-20H2,3-6H3. The summed E-state index contributed by atoms with van der Waals surface area (Å²) in [6, 6.07) is 0. The van der Waals surface area contributed by atoms with E-state index < -0.39 is 0 Å². The van der Waals surface area contributed by atoms with Gasteiger partial charge in [0.1, 0.15) is 0 Å². The number of hydrogen-bond donors (Lipinski definition) is 0. The number of fused-ring (bicyclic) bond motifs is 6. The minimum atomic E-state index is 0.269. The molecule has 0 saturated heterocycles. The third kappa shape index (κ3) is 2.32. The molecule has 0 aromatic rings. The predicted octanol–water partition coefficient (Wildman–Crippen LogP) is 9.76. The van der Waals surface area contributed by atoms with E-state index in [-0.39, 0.29) is 9.49 Å². The molecule has 6 rings (SSSR count). The van der Waals surface area contributed by atoms with E-state index in [0.717, 1.165) is 11.8 Å². The molecule has 0 aliphatic heterocycles. The van der Waals surface area contributed by atoms with Crippen molar-refractivity contribution in [2.75, 3.05) is 0 Å². The molecule has 6 aliphatic rings. The fourth-order valence-electron chi connectivity index (χ4n) is 11.1. The second kappa shape index (κ2) is 6.89. The Balaban J connectivity index is 1.34. The van der Waals surface area contributed by atoms with E-state index in [1.165, 1.54) is 89.9 Å². The summed E-state index contributed by atoms with van der Waals surface area (Å²) in [5, 5.41) is 0. The van der Waals surface area contributed by atoms with Crippen molar-refractivity contribution in [3.05, 3.63) is 24.3 Å². The van der Waals surface area contributed by atoms with Gasteiger partial charge in [-0.05, 0) is 84.9 Å². The zero-order valence-corrected chi connectivity index (χ0v) is 22.9. The predicted molar refractivity (Wildman–Crippen MR) is 143 cm³/mol. The van der Waals surface area contributed by atoms with Gasteiger partial charge in [0.25, 0.3) is 0 Å². The van der Waals surface area contributed by atoms with Gasteiger partial charge in [0.2, 0.25) is 0 Å². The molecule has 4 bridgehead atoms. The molecular weight excluding hydrogens is 424 g/mol. The first-order valence-electron chi connectivity index (χ1n) is 13.9. The molecule has 178 valence electrons. The lowest BCUT2D eigenvalue weighted by molar-refractivity contribution is 0.108. The molecule has 6 aliphatic carbocycles. The lowest BCUT2D eigenvalue weighted by Crippen LogP contribution is -2.39. The lowest BCUT2D eigenvalue weighted by Gasteiger charge is -2.47. The SMILES string of the molecule is C=C1C2(CCCCC2)C2CCC1(SSC13CCC(C4(CCCCC4)C1=C)C3(C)C)C2(C)C. The van der Waals surface area contributed by atoms with Crippen LogP contribution in [-0.2, 0) is 0 Å². The molecule has 6 saturated carbocycles. The summed E-state index contributed by atoms with van der Waals surface area (Å²) in [5.74, 6) is 1.71. The van der Waals surface area contributed by atoms with Crippen LogP contribution in [0.3, 0.4) is 0 Å². The highest BCUT2D eigenvalue weighted by molar-refractivity contribution is 8.77. The van der Waals surface area contributed by atoms with Crippen LogP contribution in [0, 0.1) is 33.5 Å². The molecule has 0 aromatic heterocycles. The highest BCUT2D eigenvalue weighted by Gasteiger charge is 2.74. The zero-order chi connectivity index (χ0) is 22.6. The molecule has 32 heavy (non-hydrogen) atoms. The molecule has 0 nitrogen and oxygen atoms in total. The molecule has 2 heteroatoms. The summed E-state index contributed by atoms with van der Waals surface area (Å²) < 4.78 is 0.538. The van der Waals surface area contributed by atoms with Crippen molar-refractivity contribution in [2.45, 2.75) is 127 Å². The van der Waals surface area contributed by atoms with E-state index in [0.29, 0.717) is 21.7 Å². The smallest absolute Gasteiger partial charge is 0.0528 e. The topological polar surface area (TPSA) is 0 Å². The van der Waals surface area contributed by atoms with Crippen molar-refractivity contribution >= 4 is 21.6 Å². The summed E-state index contributed by atoms with van der Waals surface area (Å²) in [4.78, 5) is 0. The Labute approximate surface area is 206 Å². The Kier molecular flexibility index (Phi) is 4.88. The third-order valence-electron chi connectivity index (χ3n) is 12.7. The maximum atomic E-state index is 4.97. The second-order valence-electron chi connectivity index (χ2n) is 13.8. The van der Waals surface area contributed by atoms with Crippen LogP contribution < -0.4 is 0 Å². The number of rotatable bonds is 3. The minimum absolute atomic E-state index is 0.269. The van der Waals surface area contributed by atoms with Crippen LogP contribution in [0.5, 0.6) is 0 Å². The first-order chi connectivity index (χ1) is 15.1. The molecule has 0 N–H and O–H groups in total. The van der Waals surface area contributed by atoms with E-state index in [1.54, 1.807) is 11.1 Å². The quantitative estimate of drug-likeness (QED) is 0.297. The van der Waals surface area contributed by atoms with Crippen LogP contribution in [-0.4, -0.2) is 9.49 Å². The van der Waals surface area contributed by atoms with Crippen molar-refractivity contribution in [3.63, 3.8) is 0 Å². The third-order valence-corrected chi connectivity index (χ3v) is 17.3. The van der Waals surface area contributed by atoms with Crippen molar-refractivity contribution in [2.24, 2.45) is 33.5 Å². The monoisotopic (exact) mass is 470 g/mol. The Morgan fingerprint density at radius 1 is 0.562 bits per heavy atom. The summed E-state index contributed by atoms with van der Waals surface area (Å²) in [5.41, 5.74) is 5.00. The van der Waals surface area contributed by atoms with Gasteiger partial charge in [-0.15, -0.1) is 0 Å². The van der Waals surface area contributed by atoms with Crippen LogP contribution in [0.1, 0.15) is 118 Å². The summed E-state index contributed by atoms with van der Waals surface area (Å²) in [7, 11) is 4.63. The van der Waals surface area contributed by atoms with E-state index in [1.807, 2.05) is 0 Å². The van der Waals surface area contributed by atoms with Gasteiger partial charge in [0.05, 0.1) is 9.49 Å². The number of hydrogen-bond acceptors (Lipinski definition) is 2. The van der Waals surface area contributed by atoms with Gasteiger partial charge in [0, 0.05) is 0 Å². The van der Waals surface area contributed by atoms with E-state index in [2.05, 4.69) is 49.3 Å². The van der Waals surface area contributed by atoms with Crippen LogP contribution >= 0.6 is 21.6 Å². The van der Waals surface area contributed by atoms with Crippen LogP contribution in [0.25, 0.3) is 0 Å². The molecular formula is C30H46S2. The molecule has 6 fully saturated rings. The van der Waals surface area contributed by atoms with Crippen molar-refractivity contribution in [1.29, 1.82) is 0 Å². The van der Waals surface area contributed by atoms with E-state index in [4.69, 9.17) is 13.2 Å². The van der Waals surface area contributed by atoms with Gasteiger partial charge >= 0.3 is 0 Å². The first kappa shape index (κ1) is 22.6. The summed E-state index contributed by atoms with van der Waals surface area (Å²) >= 11 is 0. The first-order valence-corrected chi connectivity index (χ1v) is 16.0. The Morgan fingerprint density at radius 2 is 0.906 bits per heavy atom. The summed E-state index contributed by atoms with van der Waals surface area (Å²) in [6.07, 6.45) is 19.9. The second-order valence-corrected chi connectivity index (χ2v) is 16.6. The van der Waals surface area contributed by atoms with Crippen molar-refractivity contribution < 1.29 is 0 Å². The Hall–Kier alpha value is 0.180. The molecule has 0 heterocycles. The molecule has 4 atom stereocenters. The van der Waals surface area contributed by atoms with E-state index >= 15 is 0 Å². The van der Waals surface area contributed by atoms with Crippen molar-refractivity contribution in [1.82, 2.24) is 0 Å². The fourth-order valence-corrected chi connectivity index (χ4v) is 16.3. The Bertz CT molecular complexity index is 767. The van der Waals surface area contributed by atoms with Crippen LogP contribution in [0.15, 0.2) is 24.3 Å². The zero-order valence-electron chi connectivity index (χ0n) is 21.3. The van der Waals surface area contributed by atoms with Gasteiger partial charge in [-0.3, -0.25) is 0 Å². The molecule has 0 radical (unpaired) electrons. The van der Waals surface area contributed by atoms with Gasteiger partial charge in [-0.25, -0.2) is 0 Å². The normalized spacial score (nSPS) is 44.8. The average Bonchev–Trinajstić information content (AvgIpc) is 3.29. The maximum Gasteiger partial charge on any atom is 0.0528 e. The van der Waals surface area contributed by atoms with Gasteiger partial charge < -0.3 is 0 Å². The van der Waals surface area contributed by atoms with Gasteiger partial charge in [-0.1, -0.05) is 112 Å².